The number of rotatable bonds is 4. The number of hydrogen-bond donors (Lipinski definition) is 2. The van der Waals surface area contributed by atoms with Crippen molar-refractivity contribution in [1.82, 2.24) is 15.2 Å². The molecular weight excluding hydrogens is 172 g/mol. The van der Waals surface area contributed by atoms with Crippen molar-refractivity contribution in [2.45, 2.75) is 12.3 Å². The lowest BCUT2D eigenvalue weighted by atomic mass is 10.1. The maximum atomic E-state index is 10.9. The van der Waals surface area contributed by atoms with Crippen LogP contribution in [0.1, 0.15) is 18.2 Å². The van der Waals surface area contributed by atoms with Gasteiger partial charge in [0.2, 0.25) is 0 Å². The van der Waals surface area contributed by atoms with Crippen LogP contribution in [0, 0.1) is 0 Å². The van der Waals surface area contributed by atoms with Crippen LogP contribution in [0.2, 0.25) is 0 Å². The van der Waals surface area contributed by atoms with E-state index in [0.29, 0.717) is 12.4 Å². The molecule has 0 spiro atoms. The van der Waals surface area contributed by atoms with Crippen LogP contribution in [0.3, 0.4) is 0 Å². The van der Waals surface area contributed by atoms with Crippen molar-refractivity contribution >= 4 is 5.97 Å². The van der Waals surface area contributed by atoms with E-state index in [1.165, 1.54) is 13.4 Å². The van der Waals surface area contributed by atoms with Crippen molar-refractivity contribution in [3.05, 3.63) is 12.2 Å². The van der Waals surface area contributed by atoms with Crippen molar-refractivity contribution in [3.8, 4) is 0 Å². The number of carbonyl (C=O) groups excluding carboxylic acids is 1. The molecule has 1 unspecified atom stereocenters. The van der Waals surface area contributed by atoms with E-state index in [0.717, 1.165) is 0 Å². The van der Waals surface area contributed by atoms with Crippen LogP contribution < -0.4 is 5.73 Å². The molecule has 6 heteroatoms. The summed E-state index contributed by atoms with van der Waals surface area (Å²) in [7, 11) is 1.34. The summed E-state index contributed by atoms with van der Waals surface area (Å²) in [6.45, 7) is 0.338. The standard InChI is InChI=1S/C7H12N4O2/c1-13-6(12)2-5(3-8)7-9-4-10-11-7/h4-5H,2-3,8H2,1H3,(H,9,10,11). The number of H-pyrrole nitrogens is 1. The minimum absolute atomic E-state index is 0.144. The Kier molecular flexibility index (Phi) is 3.39. The summed E-state index contributed by atoms with van der Waals surface area (Å²) in [6.07, 6.45) is 1.61. The smallest absolute Gasteiger partial charge is 0.306 e. The van der Waals surface area contributed by atoms with Crippen LogP contribution in [0.15, 0.2) is 6.33 Å². The zero-order valence-corrected chi connectivity index (χ0v) is 7.36. The topological polar surface area (TPSA) is 93.9 Å². The highest BCUT2D eigenvalue weighted by Crippen LogP contribution is 2.13. The second-order valence-electron chi connectivity index (χ2n) is 2.58. The Bertz CT molecular complexity index is 259. The van der Waals surface area contributed by atoms with E-state index in [1.54, 1.807) is 0 Å². The Hall–Kier alpha value is -1.43. The fourth-order valence-electron chi connectivity index (χ4n) is 0.988. The van der Waals surface area contributed by atoms with Crippen molar-refractivity contribution in [2.75, 3.05) is 13.7 Å². The second-order valence-corrected chi connectivity index (χ2v) is 2.58. The molecular formula is C7H12N4O2. The molecule has 0 aliphatic carbocycles. The molecule has 13 heavy (non-hydrogen) atoms. The fourth-order valence-corrected chi connectivity index (χ4v) is 0.988. The fraction of sp³-hybridized carbons (Fsp3) is 0.571. The number of hydrogen-bond acceptors (Lipinski definition) is 5. The summed E-state index contributed by atoms with van der Waals surface area (Å²) in [4.78, 5) is 14.9. The van der Waals surface area contributed by atoms with Crippen molar-refractivity contribution < 1.29 is 9.53 Å². The quantitative estimate of drug-likeness (QED) is 0.610. The number of ether oxygens (including phenoxy) is 1. The molecule has 1 aromatic heterocycles. The summed E-state index contributed by atoms with van der Waals surface area (Å²) in [5.74, 6) is 0.176. The SMILES string of the molecule is COC(=O)CC(CN)c1ncn[nH]1. The largest absolute Gasteiger partial charge is 0.469 e. The van der Waals surface area contributed by atoms with E-state index in [4.69, 9.17) is 5.73 Å². The lowest BCUT2D eigenvalue weighted by Crippen LogP contribution is -2.18. The first-order valence-electron chi connectivity index (χ1n) is 3.90. The number of aromatic amines is 1. The molecule has 0 saturated carbocycles. The molecule has 0 fully saturated rings. The molecule has 0 saturated heterocycles. The number of esters is 1. The molecule has 0 aliphatic rings. The Balaban J connectivity index is 2.58. The van der Waals surface area contributed by atoms with E-state index in [-0.39, 0.29) is 18.3 Å². The molecule has 3 N–H and O–H groups in total. The van der Waals surface area contributed by atoms with Gasteiger partial charge in [0.05, 0.1) is 13.5 Å². The monoisotopic (exact) mass is 184 g/mol. The Labute approximate surface area is 75.5 Å². The van der Waals surface area contributed by atoms with E-state index >= 15 is 0 Å². The van der Waals surface area contributed by atoms with Gasteiger partial charge in [0.1, 0.15) is 12.2 Å². The maximum Gasteiger partial charge on any atom is 0.306 e. The van der Waals surface area contributed by atoms with Crippen LogP contribution in [0.4, 0.5) is 0 Å². The Morgan fingerprint density at radius 3 is 3.08 bits per heavy atom. The van der Waals surface area contributed by atoms with Gasteiger partial charge >= 0.3 is 5.97 Å². The molecule has 1 aromatic rings. The molecule has 6 nitrogen and oxygen atoms in total. The third-order valence-electron chi connectivity index (χ3n) is 1.75. The summed E-state index contributed by atoms with van der Waals surface area (Å²) < 4.78 is 4.52. The lowest BCUT2D eigenvalue weighted by Gasteiger charge is -2.08. The van der Waals surface area contributed by atoms with Crippen LogP contribution in [-0.2, 0) is 9.53 Å². The highest BCUT2D eigenvalue weighted by molar-refractivity contribution is 5.70. The van der Waals surface area contributed by atoms with Gasteiger partial charge in [-0.05, 0) is 0 Å². The van der Waals surface area contributed by atoms with Crippen molar-refractivity contribution in [3.63, 3.8) is 0 Å². The molecule has 0 bridgehead atoms. The predicted octanol–water partition coefficient (Wildman–Crippen LogP) is -0.590. The average Bonchev–Trinajstić information content (AvgIpc) is 2.66. The second kappa shape index (κ2) is 4.56. The molecule has 0 aliphatic heterocycles. The number of nitrogens with two attached hydrogens (primary N) is 1. The van der Waals surface area contributed by atoms with Gasteiger partial charge in [-0.2, -0.15) is 5.10 Å². The van der Waals surface area contributed by atoms with Gasteiger partial charge in [-0.25, -0.2) is 4.98 Å². The first kappa shape index (κ1) is 9.66. The van der Waals surface area contributed by atoms with Gasteiger partial charge in [0.25, 0.3) is 0 Å². The minimum atomic E-state index is -0.299. The van der Waals surface area contributed by atoms with E-state index in [1.807, 2.05) is 0 Å². The van der Waals surface area contributed by atoms with E-state index in [2.05, 4.69) is 19.9 Å². The van der Waals surface area contributed by atoms with Gasteiger partial charge in [-0.1, -0.05) is 0 Å². The van der Waals surface area contributed by atoms with Crippen LogP contribution in [-0.4, -0.2) is 34.8 Å². The highest BCUT2D eigenvalue weighted by atomic mass is 16.5. The van der Waals surface area contributed by atoms with Gasteiger partial charge in [0.15, 0.2) is 0 Å². The van der Waals surface area contributed by atoms with Crippen molar-refractivity contribution in [1.29, 1.82) is 0 Å². The number of carbonyl (C=O) groups is 1. The molecule has 1 atom stereocenters. The molecule has 0 aromatic carbocycles. The van der Waals surface area contributed by atoms with E-state index < -0.39 is 0 Å². The van der Waals surface area contributed by atoms with E-state index in [9.17, 15) is 4.79 Å². The first-order valence-corrected chi connectivity index (χ1v) is 3.90. The summed E-state index contributed by atoms with van der Waals surface area (Å²) in [5, 5.41) is 6.35. The van der Waals surface area contributed by atoms with Gasteiger partial charge in [0, 0.05) is 12.5 Å². The third kappa shape index (κ3) is 2.51. The summed E-state index contributed by atoms with van der Waals surface area (Å²) in [5.41, 5.74) is 5.47. The van der Waals surface area contributed by atoms with Gasteiger partial charge < -0.3 is 10.5 Å². The zero-order valence-electron chi connectivity index (χ0n) is 7.36. The summed E-state index contributed by atoms with van der Waals surface area (Å²) in [6, 6.07) is 0. The highest BCUT2D eigenvalue weighted by Gasteiger charge is 2.17. The normalized spacial score (nSPS) is 12.5. The number of aromatic nitrogens is 3. The van der Waals surface area contributed by atoms with Crippen LogP contribution >= 0.6 is 0 Å². The molecule has 0 radical (unpaired) electrons. The Morgan fingerprint density at radius 2 is 2.62 bits per heavy atom. The van der Waals surface area contributed by atoms with Gasteiger partial charge in [-0.15, -0.1) is 0 Å². The minimum Gasteiger partial charge on any atom is -0.469 e. The first-order chi connectivity index (χ1) is 6.27. The number of nitrogens with one attached hydrogen (secondary N) is 1. The maximum absolute atomic E-state index is 10.9. The third-order valence-corrected chi connectivity index (χ3v) is 1.75. The number of methoxy groups -OCH3 is 1. The molecule has 72 valence electrons. The van der Waals surface area contributed by atoms with Gasteiger partial charge in [-0.3, -0.25) is 9.89 Å². The number of nitrogens with zero attached hydrogens (tertiary/aromatic N) is 2. The van der Waals surface area contributed by atoms with Crippen LogP contribution in [0.5, 0.6) is 0 Å². The molecule has 1 heterocycles. The predicted molar refractivity (Wildman–Crippen MR) is 44.8 cm³/mol. The lowest BCUT2D eigenvalue weighted by molar-refractivity contribution is -0.141. The zero-order chi connectivity index (χ0) is 9.68. The van der Waals surface area contributed by atoms with Crippen LogP contribution in [0.25, 0.3) is 0 Å². The average molecular weight is 184 g/mol. The molecule has 0 amide bonds. The summed E-state index contributed by atoms with van der Waals surface area (Å²) >= 11 is 0. The Morgan fingerprint density at radius 1 is 1.85 bits per heavy atom. The van der Waals surface area contributed by atoms with Crippen molar-refractivity contribution in [2.24, 2.45) is 5.73 Å². The molecule has 1 rings (SSSR count).